The van der Waals surface area contributed by atoms with Crippen molar-refractivity contribution in [3.63, 3.8) is 0 Å². The van der Waals surface area contributed by atoms with Gasteiger partial charge in [-0.15, -0.1) is 5.10 Å². The van der Waals surface area contributed by atoms with Gasteiger partial charge in [-0.1, -0.05) is 6.07 Å². The smallest absolute Gasteiger partial charge is 0.243 e. The van der Waals surface area contributed by atoms with E-state index < -0.39 is 5.72 Å². The number of aromatic hydroxyl groups is 1. The lowest BCUT2D eigenvalue weighted by Gasteiger charge is -2.25. The van der Waals surface area contributed by atoms with E-state index in [1.807, 2.05) is 0 Å². The molecule has 1 aromatic rings. The minimum atomic E-state index is -0.799. The SMILES string of the molecule is CC(=O)N1N=C(c2cccc(O)c2)OC1(C)C. The number of carbonyl (C=O) groups is 1. The van der Waals surface area contributed by atoms with E-state index >= 15 is 0 Å². The van der Waals surface area contributed by atoms with Crippen molar-refractivity contribution in [1.82, 2.24) is 5.01 Å². The molecule has 2 rings (SSSR count). The average Bonchev–Trinajstić information content (AvgIpc) is 2.54. The maximum absolute atomic E-state index is 11.4. The lowest BCUT2D eigenvalue weighted by Crippen LogP contribution is -2.41. The standard InChI is InChI=1S/C12H14N2O3/c1-8(15)14-12(2,3)17-11(13-14)9-5-4-6-10(16)7-9/h4-7,16H,1-3H3. The zero-order valence-electron chi connectivity index (χ0n) is 9.97. The van der Waals surface area contributed by atoms with Gasteiger partial charge in [-0.3, -0.25) is 4.79 Å². The van der Waals surface area contributed by atoms with Crippen LogP contribution < -0.4 is 0 Å². The van der Waals surface area contributed by atoms with E-state index in [9.17, 15) is 9.90 Å². The molecule has 90 valence electrons. The Bertz CT molecular complexity index is 494. The van der Waals surface area contributed by atoms with E-state index in [0.717, 1.165) is 0 Å². The monoisotopic (exact) mass is 234 g/mol. The molecule has 0 unspecified atom stereocenters. The Balaban J connectivity index is 2.36. The molecule has 0 atom stereocenters. The Morgan fingerprint density at radius 2 is 2.18 bits per heavy atom. The zero-order chi connectivity index (χ0) is 12.6. The first kappa shape index (κ1) is 11.4. The maximum Gasteiger partial charge on any atom is 0.243 e. The van der Waals surface area contributed by atoms with Crippen LogP contribution in [0.2, 0.25) is 0 Å². The molecule has 0 aromatic heterocycles. The first-order chi connectivity index (χ1) is 7.90. The van der Waals surface area contributed by atoms with Gasteiger partial charge in [0.2, 0.25) is 17.5 Å². The number of amides is 1. The minimum absolute atomic E-state index is 0.132. The molecule has 5 nitrogen and oxygen atoms in total. The highest BCUT2D eigenvalue weighted by atomic mass is 16.5. The highest BCUT2D eigenvalue weighted by molar-refractivity contribution is 5.96. The fourth-order valence-corrected chi connectivity index (χ4v) is 1.72. The molecular weight excluding hydrogens is 220 g/mol. The fourth-order valence-electron chi connectivity index (χ4n) is 1.72. The molecule has 1 aromatic carbocycles. The molecule has 0 bridgehead atoms. The number of hydrazone groups is 1. The summed E-state index contributed by atoms with van der Waals surface area (Å²) in [4.78, 5) is 11.4. The summed E-state index contributed by atoms with van der Waals surface area (Å²) < 4.78 is 5.61. The summed E-state index contributed by atoms with van der Waals surface area (Å²) in [5.74, 6) is 0.277. The van der Waals surface area contributed by atoms with Crippen LogP contribution in [0.5, 0.6) is 5.75 Å². The Kier molecular flexibility index (Phi) is 2.53. The van der Waals surface area contributed by atoms with Crippen LogP contribution in [-0.4, -0.2) is 27.6 Å². The maximum atomic E-state index is 11.4. The third-order valence-electron chi connectivity index (χ3n) is 2.44. The number of hydrogen-bond donors (Lipinski definition) is 1. The zero-order valence-corrected chi connectivity index (χ0v) is 9.97. The molecule has 1 heterocycles. The van der Waals surface area contributed by atoms with Crippen molar-refractivity contribution >= 4 is 11.8 Å². The van der Waals surface area contributed by atoms with Crippen molar-refractivity contribution in [1.29, 1.82) is 0 Å². The van der Waals surface area contributed by atoms with E-state index in [-0.39, 0.29) is 11.7 Å². The van der Waals surface area contributed by atoms with Crippen molar-refractivity contribution < 1.29 is 14.6 Å². The molecule has 1 amide bonds. The number of rotatable bonds is 1. The van der Waals surface area contributed by atoms with Crippen LogP contribution in [0.25, 0.3) is 0 Å². The second-order valence-electron chi connectivity index (χ2n) is 4.34. The lowest BCUT2D eigenvalue weighted by molar-refractivity contribution is -0.142. The van der Waals surface area contributed by atoms with Crippen molar-refractivity contribution in [2.75, 3.05) is 0 Å². The molecule has 5 heteroatoms. The van der Waals surface area contributed by atoms with Gasteiger partial charge in [0.05, 0.1) is 0 Å². The summed E-state index contributed by atoms with van der Waals surface area (Å²) in [6.45, 7) is 4.95. The van der Waals surface area contributed by atoms with Gasteiger partial charge in [-0.25, -0.2) is 0 Å². The molecule has 0 fully saturated rings. The van der Waals surface area contributed by atoms with E-state index in [1.54, 1.807) is 38.1 Å². The molecule has 17 heavy (non-hydrogen) atoms. The van der Waals surface area contributed by atoms with Crippen LogP contribution in [-0.2, 0) is 9.53 Å². The Labute approximate surface area is 99.3 Å². The quantitative estimate of drug-likeness (QED) is 0.804. The molecule has 0 aliphatic carbocycles. The Hall–Kier alpha value is -2.04. The van der Waals surface area contributed by atoms with Crippen LogP contribution in [0.1, 0.15) is 26.3 Å². The third kappa shape index (κ3) is 2.08. The lowest BCUT2D eigenvalue weighted by atomic mass is 10.2. The van der Waals surface area contributed by atoms with Crippen LogP contribution in [0.15, 0.2) is 29.4 Å². The van der Waals surface area contributed by atoms with Crippen molar-refractivity contribution in [3.05, 3.63) is 29.8 Å². The second kappa shape index (κ2) is 3.76. The van der Waals surface area contributed by atoms with E-state index in [0.29, 0.717) is 11.5 Å². The van der Waals surface area contributed by atoms with Crippen LogP contribution in [0, 0.1) is 0 Å². The third-order valence-corrected chi connectivity index (χ3v) is 2.44. The highest BCUT2D eigenvalue weighted by Crippen LogP contribution is 2.27. The number of nitrogens with zero attached hydrogens (tertiary/aromatic N) is 2. The summed E-state index contributed by atoms with van der Waals surface area (Å²) in [7, 11) is 0. The summed E-state index contributed by atoms with van der Waals surface area (Å²) in [6, 6.07) is 6.56. The van der Waals surface area contributed by atoms with Crippen LogP contribution in [0.4, 0.5) is 0 Å². The molecule has 0 radical (unpaired) electrons. The summed E-state index contributed by atoms with van der Waals surface area (Å²) in [5.41, 5.74) is -0.158. The fraction of sp³-hybridized carbons (Fsp3) is 0.333. The van der Waals surface area contributed by atoms with Crippen LogP contribution in [0.3, 0.4) is 0 Å². The first-order valence-electron chi connectivity index (χ1n) is 5.28. The van der Waals surface area contributed by atoms with Crippen LogP contribution >= 0.6 is 0 Å². The van der Waals surface area contributed by atoms with E-state index in [4.69, 9.17) is 4.74 Å². The van der Waals surface area contributed by atoms with Gasteiger partial charge in [-0.2, -0.15) is 5.01 Å². The minimum Gasteiger partial charge on any atom is -0.508 e. The van der Waals surface area contributed by atoms with Gasteiger partial charge in [0, 0.05) is 12.5 Å². The number of ether oxygens (including phenoxy) is 1. The first-order valence-corrected chi connectivity index (χ1v) is 5.28. The Morgan fingerprint density at radius 1 is 1.47 bits per heavy atom. The molecular formula is C12H14N2O3. The van der Waals surface area contributed by atoms with Gasteiger partial charge < -0.3 is 9.84 Å². The number of benzene rings is 1. The van der Waals surface area contributed by atoms with E-state index in [1.165, 1.54) is 11.9 Å². The number of phenols is 1. The molecule has 0 spiro atoms. The molecule has 0 saturated carbocycles. The molecule has 1 aliphatic rings. The van der Waals surface area contributed by atoms with Gasteiger partial charge in [0.15, 0.2) is 0 Å². The average molecular weight is 234 g/mol. The van der Waals surface area contributed by atoms with Crippen molar-refractivity contribution in [2.45, 2.75) is 26.5 Å². The van der Waals surface area contributed by atoms with Gasteiger partial charge in [0.25, 0.3) is 0 Å². The van der Waals surface area contributed by atoms with Crippen molar-refractivity contribution in [3.8, 4) is 5.75 Å². The van der Waals surface area contributed by atoms with Gasteiger partial charge >= 0.3 is 0 Å². The highest BCUT2D eigenvalue weighted by Gasteiger charge is 2.38. The molecule has 1 aliphatic heterocycles. The predicted octanol–water partition coefficient (Wildman–Crippen LogP) is 1.67. The number of carbonyl (C=O) groups excluding carboxylic acids is 1. The largest absolute Gasteiger partial charge is 0.508 e. The summed E-state index contributed by atoms with van der Waals surface area (Å²) in [5, 5.41) is 14.8. The topological polar surface area (TPSA) is 62.1 Å². The predicted molar refractivity (Wildman–Crippen MR) is 62.3 cm³/mol. The van der Waals surface area contributed by atoms with Crippen molar-refractivity contribution in [2.24, 2.45) is 5.10 Å². The molecule has 1 N–H and O–H groups in total. The summed E-state index contributed by atoms with van der Waals surface area (Å²) >= 11 is 0. The second-order valence-corrected chi connectivity index (χ2v) is 4.34. The molecule has 0 saturated heterocycles. The van der Waals surface area contributed by atoms with Gasteiger partial charge in [0.1, 0.15) is 5.75 Å². The van der Waals surface area contributed by atoms with Gasteiger partial charge in [-0.05, 0) is 32.0 Å². The summed E-state index contributed by atoms with van der Waals surface area (Å²) in [6.07, 6.45) is 0. The number of hydrogen-bond acceptors (Lipinski definition) is 4. The normalized spacial score (nSPS) is 17.6. The Morgan fingerprint density at radius 3 is 2.71 bits per heavy atom. The number of phenolic OH excluding ortho intramolecular Hbond substituents is 1. The van der Waals surface area contributed by atoms with E-state index in [2.05, 4.69) is 5.10 Å².